The zero-order chi connectivity index (χ0) is 21.9. The molecule has 0 aliphatic carbocycles. The number of amides is 1. The molecule has 1 heterocycles. The third-order valence-electron chi connectivity index (χ3n) is 5.66. The van der Waals surface area contributed by atoms with Gasteiger partial charge in [0.15, 0.2) is 0 Å². The van der Waals surface area contributed by atoms with E-state index in [9.17, 15) is 13.2 Å². The number of likely N-dealkylation sites (N-methyl/N-ethyl adjacent to an activating group) is 1. The average molecular weight is 430 g/mol. The quantitative estimate of drug-likeness (QED) is 0.767. The summed E-state index contributed by atoms with van der Waals surface area (Å²) in [7, 11) is -1.36. The molecule has 0 saturated carbocycles. The van der Waals surface area contributed by atoms with Crippen molar-refractivity contribution in [3.8, 4) is 0 Å². The molecule has 0 spiro atoms. The van der Waals surface area contributed by atoms with Gasteiger partial charge in [-0.25, -0.2) is 8.42 Å². The first-order chi connectivity index (χ1) is 14.2. The molecule has 1 saturated heterocycles. The van der Waals surface area contributed by atoms with Crippen LogP contribution in [0, 0.1) is 13.8 Å². The molecule has 0 radical (unpaired) electrons. The lowest BCUT2D eigenvalue weighted by Crippen LogP contribution is -2.47. The molecule has 0 aromatic heterocycles. The third kappa shape index (κ3) is 5.47. The van der Waals surface area contributed by atoms with Crippen LogP contribution in [0.4, 0.5) is 0 Å². The number of carbonyl (C=O) groups is 1. The number of nitrogens with one attached hydrogen (secondary N) is 1. The molecule has 162 valence electrons. The van der Waals surface area contributed by atoms with Gasteiger partial charge in [-0.15, -0.1) is 0 Å². The van der Waals surface area contributed by atoms with Crippen LogP contribution in [0.1, 0.15) is 45.6 Å². The van der Waals surface area contributed by atoms with E-state index in [4.69, 9.17) is 0 Å². The summed E-state index contributed by atoms with van der Waals surface area (Å²) in [6.45, 7) is 8.60. The molecule has 1 aliphatic heterocycles. The molecule has 7 heteroatoms. The number of hydrogen-bond donors (Lipinski definition) is 1. The average Bonchev–Trinajstić information content (AvgIpc) is 2.68. The molecule has 6 nitrogen and oxygen atoms in total. The minimum Gasteiger partial charge on any atom is -0.346 e. The number of piperazine rings is 1. The van der Waals surface area contributed by atoms with Crippen molar-refractivity contribution in [2.24, 2.45) is 0 Å². The summed E-state index contributed by atoms with van der Waals surface area (Å²) in [5.41, 5.74) is 4.63. The van der Waals surface area contributed by atoms with E-state index in [1.807, 2.05) is 40.0 Å². The number of hydrogen-bond acceptors (Lipinski definition) is 4. The van der Waals surface area contributed by atoms with Gasteiger partial charge in [0.1, 0.15) is 0 Å². The van der Waals surface area contributed by atoms with Crippen molar-refractivity contribution in [1.29, 1.82) is 0 Å². The summed E-state index contributed by atoms with van der Waals surface area (Å²) in [5.74, 6) is -0.214. The zero-order valence-corrected chi connectivity index (χ0v) is 19.0. The second-order valence-electron chi connectivity index (χ2n) is 8.21. The van der Waals surface area contributed by atoms with Gasteiger partial charge in [-0.2, -0.15) is 4.31 Å². The fourth-order valence-corrected chi connectivity index (χ4v) is 5.31. The Morgan fingerprint density at radius 2 is 1.67 bits per heavy atom. The molecular weight excluding hydrogens is 398 g/mol. The van der Waals surface area contributed by atoms with Crippen LogP contribution < -0.4 is 5.32 Å². The molecule has 3 rings (SSSR count). The first kappa shape index (κ1) is 22.5. The molecule has 2 aromatic carbocycles. The number of carbonyl (C=O) groups excluding carboxylic acids is 1. The van der Waals surface area contributed by atoms with Gasteiger partial charge in [0.2, 0.25) is 10.0 Å². The zero-order valence-electron chi connectivity index (χ0n) is 18.2. The second-order valence-corrected chi connectivity index (χ2v) is 10.2. The predicted molar refractivity (Wildman–Crippen MR) is 120 cm³/mol. The molecular formula is C23H31N3O3S. The Morgan fingerprint density at radius 1 is 1.03 bits per heavy atom. The molecule has 1 N–H and O–H groups in total. The van der Waals surface area contributed by atoms with Crippen LogP contribution in [0.5, 0.6) is 0 Å². The molecule has 1 fully saturated rings. The number of aryl methyl sites for hydroxylation is 2. The van der Waals surface area contributed by atoms with Gasteiger partial charge in [-0.3, -0.25) is 4.79 Å². The van der Waals surface area contributed by atoms with Crippen molar-refractivity contribution < 1.29 is 13.2 Å². The van der Waals surface area contributed by atoms with Gasteiger partial charge in [-0.05, 0) is 56.6 Å². The van der Waals surface area contributed by atoms with Gasteiger partial charge in [0.05, 0.1) is 11.8 Å². The Labute approximate surface area is 179 Å². The molecule has 0 bridgehead atoms. The molecule has 1 amide bonds. The SMILES string of the molecule is Cc1ccc(C(C)NC(=O)c2ccc(CS(=O)(=O)N3CCN(C)CC3)cc2)c(C)c1. The Bertz CT molecular complexity index is 995. The fourth-order valence-electron chi connectivity index (χ4n) is 3.79. The van der Waals surface area contributed by atoms with Gasteiger partial charge >= 0.3 is 0 Å². The van der Waals surface area contributed by atoms with E-state index in [1.165, 1.54) is 5.56 Å². The lowest BCUT2D eigenvalue weighted by molar-refractivity contribution is 0.0940. The van der Waals surface area contributed by atoms with Gasteiger partial charge in [0, 0.05) is 31.7 Å². The smallest absolute Gasteiger partial charge is 0.251 e. The van der Waals surface area contributed by atoms with Crippen LogP contribution in [0.15, 0.2) is 42.5 Å². The highest BCUT2D eigenvalue weighted by atomic mass is 32.2. The van der Waals surface area contributed by atoms with Crippen molar-refractivity contribution in [2.75, 3.05) is 33.2 Å². The minimum atomic E-state index is -3.35. The molecule has 2 aromatic rings. The number of benzene rings is 2. The van der Waals surface area contributed by atoms with Crippen LogP contribution in [0.25, 0.3) is 0 Å². The molecule has 1 unspecified atom stereocenters. The van der Waals surface area contributed by atoms with E-state index in [2.05, 4.69) is 16.3 Å². The van der Waals surface area contributed by atoms with Gasteiger partial charge in [-0.1, -0.05) is 35.9 Å². The first-order valence-electron chi connectivity index (χ1n) is 10.3. The second kappa shape index (κ2) is 9.29. The Morgan fingerprint density at radius 3 is 2.27 bits per heavy atom. The van der Waals surface area contributed by atoms with Crippen LogP contribution in [0.3, 0.4) is 0 Å². The number of sulfonamides is 1. The Kier molecular flexibility index (Phi) is 6.95. The Hall–Kier alpha value is -2.22. The van der Waals surface area contributed by atoms with Crippen LogP contribution in [-0.4, -0.2) is 56.8 Å². The first-order valence-corrected chi connectivity index (χ1v) is 11.9. The van der Waals surface area contributed by atoms with E-state index in [0.29, 0.717) is 24.2 Å². The summed E-state index contributed by atoms with van der Waals surface area (Å²) in [4.78, 5) is 14.8. The highest BCUT2D eigenvalue weighted by Crippen LogP contribution is 2.19. The van der Waals surface area contributed by atoms with E-state index < -0.39 is 10.0 Å². The molecule has 1 atom stereocenters. The highest BCUT2D eigenvalue weighted by Gasteiger charge is 2.26. The van der Waals surface area contributed by atoms with Gasteiger partial charge < -0.3 is 10.2 Å². The van der Waals surface area contributed by atoms with E-state index >= 15 is 0 Å². The third-order valence-corrected chi connectivity index (χ3v) is 7.51. The maximum atomic E-state index is 12.7. The molecule has 30 heavy (non-hydrogen) atoms. The summed E-state index contributed by atoms with van der Waals surface area (Å²) in [6, 6.07) is 12.9. The monoisotopic (exact) mass is 429 g/mol. The largest absolute Gasteiger partial charge is 0.346 e. The van der Waals surface area contributed by atoms with E-state index in [-0.39, 0.29) is 17.7 Å². The van der Waals surface area contributed by atoms with Crippen LogP contribution in [0.2, 0.25) is 0 Å². The minimum absolute atomic E-state index is 0.0441. The van der Waals surface area contributed by atoms with Gasteiger partial charge in [0.25, 0.3) is 5.91 Å². The fraction of sp³-hybridized carbons (Fsp3) is 0.435. The van der Waals surface area contributed by atoms with Crippen LogP contribution in [-0.2, 0) is 15.8 Å². The maximum absolute atomic E-state index is 12.7. The Balaban J connectivity index is 1.62. The molecule has 1 aliphatic rings. The summed E-state index contributed by atoms with van der Waals surface area (Å²) < 4.78 is 26.9. The number of nitrogens with zero attached hydrogens (tertiary/aromatic N) is 2. The van der Waals surface area contributed by atoms with E-state index in [1.54, 1.807) is 28.6 Å². The number of rotatable bonds is 6. The summed E-state index contributed by atoms with van der Waals surface area (Å²) in [6.07, 6.45) is 0. The van der Waals surface area contributed by atoms with Crippen molar-refractivity contribution in [3.05, 3.63) is 70.3 Å². The van der Waals surface area contributed by atoms with Crippen LogP contribution >= 0.6 is 0 Å². The topological polar surface area (TPSA) is 69.7 Å². The lowest BCUT2D eigenvalue weighted by Gasteiger charge is -2.31. The standard InChI is InChI=1S/C23H31N3O3S/c1-17-5-10-22(18(2)15-17)19(3)24-23(27)21-8-6-20(7-9-21)16-30(28,29)26-13-11-25(4)12-14-26/h5-10,15,19H,11-14,16H2,1-4H3,(H,24,27). The summed E-state index contributed by atoms with van der Waals surface area (Å²) >= 11 is 0. The van der Waals surface area contributed by atoms with Crippen molar-refractivity contribution in [2.45, 2.75) is 32.6 Å². The summed E-state index contributed by atoms with van der Waals surface area (Å²) in [5, 5.41) is 3.03. The van der Waals surface area contributed by atoms with Crippen molar-refractivity contribution in [3.63, 3.8) is 0 Å². The van der Waals surface area contributed by atoms with Crippen molar-refractivity contribution >= 4 is 15.9 Å². The highest BCUT2D eigenvalue weighted by molar-refractivity contribution is 7.88. The lowest BCUT2D eigenvalue weighted by atomic mass is 10.00. The van der Waals surface area contributed by atoms with Crippen molar-refractivity contribution in [1.82, 2.24) is 14.5 Å². The predicted octanol–water partition coefficient (Wildman–Crippen LogP) is 2.87. The maximum Gasteiger partial charge on any atom is 0.251 e. The van der Waals surface area contributed by atoms with E-state index in [0.717, 1.165) is 24.2 Å². The normalized spacial score (nSPS) is 16.9.